The number of nitrogens with zero attached hydrogens (tertiary/aromatic N) is 1. The minimum atomic E-state index is -0.105. The van der Waals surface area contributed by atoms with Crippen molar-refractivity contribution in [3.05, 3.63) is 101 Å². The summed E-state index contributed by atoms with van der Waals surface area (Å²) < 4.78 is 0.976. The summed E-state index contributed by atoms with van der Waals surface area (Å²) in [6.07, 6.45) is 0. The summed E-state index contributed by atoms with van der Waals surface area (Å²) in [7, 11) is 0. The lowest BCUT2D eigenvalue weighted by molar-refractivity contribution is 0.0941. The topological polar surface area (TPSA) is 42.0 Å². The third-order valence-electron chi connectivity index (χ3n) is 4.73. The minimum Gasteiger partial charge on any atom is -0.345 e. The molecule has 3 aromatic carbocycles. The number of aromatic nitrogens is 1. The standard InChI is InChI=1S/C24H19BrN2O/c1-16(17-8-3-2-4-9-17)26-24(28)21-15-23(18-10-7-11-19(25)14-18)27-22-13-6-5-12-20(21)22/h2-16H,1H3,(H,26,28)/t16-/m0/s1. The van der Waals surface area contributed by atoms with Gasteiger partial charge in [0.1, 0.15) is 0 Å². The molecule has 0 aliphatic rings. The van der Waals surface area contributed by atoms with Crippen molar-refractivity contribution < 1.29 is 4.79 Å². The maximum absolute atomic E-state index is 13.1. The lowest BCUT2D eigenvalue weighted by atomic mass is 10.0. The summed E-state index contributed by atoms with van der Waals surface area (Å²) in [5.41, 5.74) is 4.24. The molecule has 0 fully saturated rings. The van der Waals surface area contributed by atoms with Gasteiger partial charge in [-0.15, -0.1) is 0 Å². The first-order valence-electron chi connectivity index (χ1n) is 9.13. The maximum Gasteiger partial charge on any atom is 0.252 e. The third kappa shape index (κ3) is 3.82. The van der Waals surface area contributed by atoms with Gasteiger partial charge in [0.15, 0.2) is 0 Å². The van der Waals surface area contributed by atoms with E-state index < -0.39 is 0 Å². The van der Waals surface area contributed by atoms with Crippen molar-refractivity contribution in [1.82, 2.24) is 10.3 Å². The third-order valence-corrected chi connectivity index (χ3v) is 5.22. The lowest BCUT2D eigenvalue weighted by Gasteiger charge is -2.16. The molecule has 0 radical (unpaired) electrons. The van der Waals surface area contributed by atoms with Crippen LogP contribution in [0.15, 0.2) is 89.4 Å². The molecule has 4 aromatic rings. The van der Waals surface area contributed by atoms with E-state index in [1.807, 2.05) is 91.9 Å². The molecule has 4 rings (SSSR count). The summed E-state index contributed by atoms with van der Waals surface area (Å²) in [4.78, 5) is 17.9. The van der Waals surface area contributed by atoms with E-state index in [2.05, 4.69) is 21.2 Å². The first-order chi connectivity index (χ1) is 13.6. The molecule has 0 aliphatic heterocycles. The average molecular weight is 431 g/mol. The molecule has 0 saturated carbocycles. The van der Waals surface area contributed by atoms with E-state index in [-0.39, 0.29) is 11.9 Å². The zero-order chi connectivity index (χ0) is 19.5. The molecular formula is C24H19BrN2O. The molecule has 138 valence electrons. The van der Waals surface area contributed by atoms with E-state index in [4.69, 9.17) is 4.98 Å². The van der Waals surface area contributed by atoms with Crippen molar-refractivity contribution in [3.8, 4) is 11.3 Å². The van der Waals surface area contributed by atoms with Crippen LogP contribution in [0.5, 0.6) is 0 Å². The van der Waals surface area contributed by atoms with Crippen LogP contribution in [0.25, 0.3) is 22.2 Å². The molecule has 1 atom stereocenters. The Morgan fingerprint density at radius 2 is 1.68 bits per heavy atom. The minimum absolute atomic E-state index is 0.0880. The van der Waals surface area contributed by atoms with Gasteiger partial charge in [0, 0.05) is 15.4 Å². The van der Waals surface area contributed by atoms with Gasteiger partial charge in [-0.3, -0.25) is 4.79 Å². The summed E-state index contributed by atoms with van der Waals surface area (Å²) in [5, 5.41) is 3.97. The van der Waals surface area contributed by atoms with Gasteiger partial charge in [-0.05, 0) is 36.8 Å². The number of amides is 1. The number of pyridine rings is 1. The first kappa shape index (κ1) is 18.4. The highest BCUT2D eigenvalue weighted by atomic mass is 79.9. The van der Waals surface area contributed by atoms with E-state index in [1.165, 1.54) is 0 Å². The Bertz CT molecular complexity index is 1140. The van der Waals surface area contributed by atoms with E-state index in [0.717, 1.165) is 32.2 Å². The van der Waals surface area contributed by atoms with Crippen LogP contribution in [0.3, 0.4) is 0 Å². The molecular weight excluding hydrogens is 412 g/mol. The van der Waals surface area contributed by atoms with Gasteiger partial charge in [-0.1, -0.05) is 76.6 Å². The number of nitrogens with one attached hydrogen (secondary N) is 1. The fourth-order valence-corrected chi connectivity index (χ4v) is 3.66. The van der Waals surface area contributed by atoms with Crippen LogP contribution in [-0.2, 0) is 0 Å². The largest absolute Gasteiger partial charge is 0.345 e. The Morgan fingerprint density at radius 3 is 2.46 bits per heavy atom. The van der Waals surface area contributed by atoms with Crippen molar-refractivity contribution in [3.63, 3.8) is 0 Å². The normalized spacial score (nSPS) is 11.9. The number of carbonyl (C=O) groups excluding carboxylic acids is 1. The van der Waals surface area contributed by atoms with E-state index >= 15 is 0 Å². The Hall–Kier alpha value is -2.98. The summed E-state index contributed by atoms with van der Waals surface area (Å²) in [5.74, 6) is -0.105. The van der Waals surface area contributed by atoms with E-state index in [0.29, 0.717) is 5.56 Å². The predicted molar refractivity (Wildman–Crippen MR) is 117 cm³/mol. The maximum atomic E-state index is 13.1. The molecule has 0 unspecified atom stereocenters. The fraction of sp³-hybridized carbons (Fsp3) is 0.0833. The van der Waals surface area contributed by atoms with Crippen molar-refractivity contribution >= 4 is 32.7 Å². The van der Waals surface area contributed by atoms with Crippen LogP contribution in [0.4, 0.5) is 0 Å². The number of rotatable bonds is 4. The molecule has 0 bridgehead atoms. The summed E-state index contributed by atoms with van der Waals surface area (Å²) >= 11 is 3.51. The lowest BCUT2D eigenvalue weighted by Crippen LogP contribution is -2.27. The monoisotopic (exact) mass is 430 g/mol. The number of carbonyl (C=O) groups is 1. The molecule has 0 saturated heterocycles. The first-order valence-corrected chi connectivity index (χ1v) is 9.92. The molecule has 0 spiro atoms. The van der Waals surface area contributed by atoms with Gasteiger partial charge in [0.25, 0.3) is 5.91 Å². The number of hydrogen-bond donors (Lipinski definition) is 1. The van der Waals surface area contributed by atoms with E-state index in [1.54, 1.807) is 0 Å². The highest BCUT2D eigenvalue weighted by molar-refractivity contribution is 9.10. The Labute approximate surface area is 172 Å². The van der Waals surface area contributed by atoms with Gasteiger partial charge in [0.05, 0.1) is 22.8 Å². The zero-order valence-electron chi connectivity index (χ0n) is 15.4. The highest BCUT2D eigenvalue weighted by Crippen LogP contribution is 2.27. The van der Waals surface area contributed by atoms with Crippen LogP contribution in [-0.4, -0.2) is 10.9 Å². The molecule has 28 heavy (non-hydrogen) atoms. The van der Waals surface area contributed by atoms with Crippen LogP contribution in [0.2, 0.25) is 0 Å². The number of benzene rings is 3. The second-order valence-electron chi connectivity index (χ2n) is 6.69. The average Bonchev–Trinajstić information content (AvgIpc) is 2.73. The highest BCUT2D eigenvalue weighted by Gasteiger charge is 2.16. The molecule has 1 N–H and O–H groups in total. The van der Waals surface area contributed by atoms with Crippen molar-refractivity contribution in [2.45, 2.75) is 13.0 Å². The number of hydrogen-bond acceptors (Lipinski definition) is 2. The molecule has 1 heterocycles. The smallest absolute Gasteiger partial charge is 0.252 e. The summed E-state index contributed by atoms with van der Waals surface area (Å²) in [6.45, 7) is 1.99. The SMILES string of the molecule is C[C@H](NC(=O)c1cc(-c2cccc(Br)c2)nc2ccccc12)c1ccccc1. The van der Waals surface area contributed by atoms with Crippen LogP contribution >= 0.6 is 15.9 Å². The quantitative estimate of drug-likeness (QED) is 0.421. The van der Waals surface area contributed by atoms with Gasteiger partial charge < -0.3 is 5.32 Å². The zero-order valence-corrected chi connectivity index (χ0v) is 17.0. The van der Waals surface area contributed by atoms with Crippen molar-refractivity contribution in [1.29, 1.82) is 0 Å². The van der Waals surface area contributed by atoms with Crippen LogP contribution < -0.4 is 5.32 Å². The Kier molecular flexibility index (Phi) is 5.22. The van der Waals surface area contributed by atoms with E-state index in [9.17, 15) is 4.79 Å². The van der Waals surface area contributed by atoms with Gasteiger partial charge in [0.2, 0.25) is 0 Å². The van der Waals surface area contributed by atoms with Gasteiger partial charge in [-0.25, -0.2) is 4.98 Å². The van der Waals surface area contributed by atoms with Gasteiger partial charge in [-0.2, -0.15) is 0 Å². The number of para-hydroxylation sites is 1. The van der Waals surface area contributed by atoms with Crippen molar-refractivity contribution in [2.75, 3.05) is 0 Å². The molecule has 1 amide bonds. The summed E-state index contributed by atoms with van der Waals surface area (Å²) in [6, 6.07) is 27.4. The van der Waals surface area contributed by atoms with Gasteiger partial charge >= 0.3 is 0 Å². The second kappa shape index (κ2) is 7.95. The second-order valence-corrected chi connectivity index (χ2v) is 7.60. The Balaban J connectivity index is 1.76. The molecule has 3 nitrogen and oxygen atoms in total. The molecule has 4 heteroatoms. The van der Waals surface area contributed by atoms with Crippen molar-refractivity contribution in [2.24, 2.45) is 0 Å². The number of halogens is 1. The number of fused-ring (bicyclic) bond motifs is 1. The fourth-order valence-electron chi connectivity index (χ4n) is 3.26. The Morgan fingerprint density at radius 1 is 0.929 bits per heavy atom. The van der Waals surface area contributed by atoms with Crippen LogP contribution in [0, 0.1) is 0 Å². The molecule has 1 aromatic heterocycles. The van der Waals surface area contributed by atoms with Crippen LogP contribution in [0.1, 0.15) is 28.9 Å². The molecule has 0 aliphatic carbocycles. The predicted octanol–water partition coefficient (Wildman–Crippen LogP) is 6.16.